The molecule has 1 fully saturated rings. The number of benzene rings is 1. The van der Waals surface area contributed by atoms with Gasteiger partial charge in [0, 0.05) is 23.7 Å². The van der Waals surface area contributed by atoms with Gasteiger partial charge in [-0.1, -0.05) is 18.0 Å². The molecule has 1 aliphatic heterocycles. The largest absolute Gasteiger partial charge is 0.351 e. The Balaban J connectivity index is 1.72. The number of hydrogen-bond donors (Lipinski definition) is 1. The zero-order valence-electron chi connectivity index (χ0n) is 10.5. The molecule has 1 N–H and O–H groups in total. The van der Waals surface area contributed by atoms with Crippen LogP contribution in [0.25, 0.3) is 0 Å². The lowest BCUT2D eigenvalue weighted by molar-refractivity contribution is 0.0946. The van der Waals surface area contributed by atoms with Crippen molar-refractivity contribution >= 4 is 17.5 Å². The predicted octanol–water partition coefficient (Wildman–Crippen LogP) is 2.56. The average molecular weight is 267 g/mol. The van der Waals surface area contributed by atoms with Crippen LogP contribution in [-0.4, -0.2) is 37.0 Å². The van der Waals surface area contributed by atoms with Crippen molar-refractivity contribution in [3.05, 3.63) is 34.9 Å². The quantitative estimate of drug-likeness (QED) is 0.908. The van der Waals surface area contributed by atoms with Crippen LogP contribution in [0.5, 0.6) is 0 Å². The summed E-state index contributed by atoms with van der Waals surface area (Å²) in [5, 5.41) is 3.59. The lowest BCUT2D eigenvalue weighted by Crippen LogP contribution is -2.37. The number of carbonyl (C=O) groups is 1. The molecule has 4 heteroatoms. The summed E-state index contributed by atoms with van der Waals surface area (Å²) in [4.78, 5) is 14.2. The molecule has 0 radical (unpaired) electrons. The van der Waals surface area contributed by atoms with Gasteiger partial charge < -0.3 is 10.2 Å². The van der Waals surface area contributed by atoms with Crippen molar-refractivity contribution in [1.82, 2.24) is 10.2 Å². The van der Waals surface area contributed by atoms with Crippen LogP contribution in [0, 0.1) is 0 Å². The first-order valence-corrected chi connectivity index (χ1v) is 6.89. The van der Waals surface area contributed by atoms with E-state index in [2.05, 4.69) is 10.2 Å². The molecule has 0 aromatic heterocycles. The van der Waals surface area contributed by atoms with E-state index < -0.39 is 0 Å². The number of nitrogens with zero attached hydrogens (tertiary/aromatic N) is 1. The number of carbonyl (C=O) groups excluding carboxylic acids is 1. The molecule has 2 rings (SSSR count). The second kappa shape index (κ2) is 6.76. The highest BCUT2D eigenvalue weighted by Gasteiger charge is 2.10. The van der Waals surface area contributed by atoms with E-state index in [0.717, 1.165) is 19.6 Å². The zero-order chi connectivity index (χ0) is 12.8. The summed E-state index contributed by atoms with van der Waals surface area (Å²) < 4.78 is 0. The molecular weight excluding hydrogens is 248 g/mol. The molecule has 0 unspecified atom stereocenters. The summed E-state index contributed by atoms with van der Waals surface area (Å²) in [6.45, 7) is 3.98. The third-order valence-corrected chi connectivity index (χ3v) is 3.52. The maximum Gasteiger partial charge on any atom is 0.251 e. The van der Waals surface area contributed by atoms with Crippen molar-refractivity contribution in [2.75, 3.05) is 26.2 Å². The van der Waals surface area contributed by atoms with Gasteiger partial charge >= 0.3 is 0 Å². The molecule has 1 amide bonds. The first-order valence-electron chi connectivity index (χ1n) is 6.52. The van der Waals surface area contributed by atoms with Crippen LogP contribution in [0.3, 0.4) is 0 Å². The van der Waals surface area contributed by atoms with Crippen LogP contribution >= 0.6 is 11.6 Å². The van der Waals surface area contributed by atoms with Crippen molar-refractivity contribution in [2.45, 2.75) is 19.3 Å². The minimum Gasteiger partial charge on any atom is -0.351 e. The summed E-state index contributed by atoms with van der Waals surface area (Å²) in [7, 11) is 0. The molecule has 0 atom stereocenters. The number of amides is 1. The van der Waals surface area contributed by atoms with Gasteiger partial charge in [-0.15, -0.1) is 0 Å². The highest BCUT2D eigenvalue weighted by Crippen LogP contribution is 2.09. The number of likely N-dealkylation sites (tertiary alicyclic amines) is 1. The van der Waals surface area contributed by atoms with Gasteiger partial charge in [-0.25, -0.2) is 0 Å². The van der Waals surface area contributed by atoms with Crippen LogP contribution in [0.1, 0.15) is 29.6 Å². The number of halogens is 1. The predicted molar refractivity (Wildman–Crippen MR) is 74.1 cm³/mol. The fourth-order valence-corrected chi connectivity index (χ4v) is 2.34. The molecule has 1 saturated heterocycles. The monoisotopic (exact) mass is 266 g/mol. The maximum atomic E-state index is 11.8. The van der Waals surface area contributed by atoms with Gasteiger partial charge in [-0.05, 0) is 50.2 Å². The number of rotatable bonds is 4. The topological polar surface area (TPSA) is 32.3 Å². The van der Waals surface area contributed by atoms with Gasteiger partial charge in [-0.3, -0.25) is 4.79 Å². The second-order valence-corrected chi connectivity index (χ2v) is 5.10. The molecular formula is C14H19ClN2O. The minimum atomic E-state index is -0.0244. The van der Waals surface area contributed by atoms with Gasteiger partial charge in [0.2, 0.25) is 0 Å². The van der Waals surface area contributed by atoms with E-state index in [9.17, 15) is 4.79 Å². The van der Waals surface area contributed by atoms with Crippen LogP contribution < -0.4 is 5.32 Å². The van der Waals surface area contributed by atoms with Crippen LogP contribution in [0.4, 0.5) is 0 Å². The third kappa shape index (κ3) is 4.00. The Morgan fingerprint density at radius 1 is 1.17 bits per heavy atom. The molecule has 98 valence electrons. The number of nitrogens with one attached hydrogen (secondary N) is 1. The van der Waals surface area contributed by atoms with Crippen LogP contribution in [0.15, 0.2) is 24.3 Å². The van der Waals surface area contributed by atoms with Gasteiger partial charge in [0.05, 0.1) is 0 Å². The Labute approximate surface area is 113 Å². The Morgan fingerprint density at radius 2 is 1.83 bits per heavy atom. The summed E-state index contributed by atoms with van der Waals surface area (Å²) in [5.74, 6) is -0.0244. The fourth-order valence-electron chi connectivity index (χ4n) is 2.21. The van der Waals surface area contributed by atoms with Gasteiger partial charge in [0.25, 0.3) is 5.91 Å². The summed E-state index contributed by atoms with van der Waals surface area (Å²) in [6, 6.07) is 6.97. The SMILES string of the molecule is O=C(NCCN1CCCCC1)c1ccc(Cl)cc1. The summed E-state index contributed by atoms with van der Waals surface area (Å²) in [6.07, 6.45) is 3.91. The van der Waals surface area contributed by atoms with Crippen molar-refractivity contribution in [3.63, 3.8) is 0 Å². The van der Waals surface area contributed by atoms with Gasteiger partial charge in [0.15, 0.2) is 0 Å². The minimum absolute atomic E-state index is 0.0244. The van der Waals surface area contributed by atoms with E-state index in [-0.39, 0.29) is 5.91 Å². The van der Waals surface area contributed by atoms with Crippen molar-refractivity contribution in [3.8, 4) is 0 Å². The zero-order valence-corrected chi connectivity index (χ0v) is 11.2. The van der Waals surface area contributed by atoms with Crippen molar-refractivity contribution in [2.24, 2.45) is 0 Å². The van der Waals surface area contributed by atoms with E-state index in [1.807, 2.05) is 0 Å². The maximum absolute atomic E-state index is 11.8. The van der Waals surface area contributed by atoms with E-state index in [1.165, 1.54) is 19.3 Å². The molecule has 1 aromatic carbocycles. The second-order valence-electron chi connectivity index (χ2n) is 4.67. The lowest BCUT2D eigenvalue weighted by Gasteiger charge is -2.26. The van der Waals surface area contributed by atoms with Gasteiger partial charge in [0.1, 0.15) is 0 Å². The molecule has 0 saturated carbocycles. The third-order valence-electron chi connectivity index (χ3n) is 3.27. The molecule has 3 nitrogen and oxygen atoms in total. The molecule has 0 bridgehead atoms. The fraction of sp³-hybridized carbons (Fsp3) is 0.500. The lowest BCUT2D eigenvalue weighted by atomic mass is 10.1. The summed E-state index contributed by atoms with van der Waals surface area (Å²) in [5.41, 5.74) is 0.665. The average Bonchev–Trinajstić information content (AvgIpc) is 2.40. The Kier molecular flexibility index (Phi) is 5.02. The highest BCUT2D eigenvalue weighted by molar-refractivity contribution is 6.30. The normalized spacial score (nSPS) is 16.5. The van der Waals surface area contributed by atoms with Crippen molar-refractivity contribution in [1.29, 1.82) is 0 Å². The van der Waals surface area contributed by atoms with Gasteiger partial charge in [-0.2, -0.15) is 0 Å². The summed E-state index contributed by atoms with van der Waals surface area (Å²) >= 11 is 5.78. The first-order chi connectivity index (χ1) is 8.75. The molecule has 1 heterocycles. The van der Waals surface area contributed by atoms with Crippen LogP contribution in [0.2, 0.25) is 5.02 Å². The Hall–Kier alpha value is -1.06. The van der Waals surface area contributed by atoms with E-state index in [1.54, 1.807) is 24.3 Å². The molecule has 0 aliphatic carbocycles. The standard InChI is InChI=1S/C14H19ClN2O/c15-13-6-4-12(5-7-13)14(18)16-8-11-17-9-2-1-3-10-17/h4-7H,1-3,8-11H2,(H,16,18). The first kappa shape index (κ1) is 13.4. The highest BCUT2D eigenvalue weighted by atomic mass is 35.5. The Morgan fingerprint density at radius 3 is 2.50 bits per heavy atom. The Bertz CT molecular complexity index is 385. The smallest absolute Gasteiger partial charge is 0.251 e. The number of piperidine rings is 1. The van der Waals surface area contributed by atoms with E-state index >= 15 is 0 Å². The molecule has 0 spiro atoms. The molecule has 18 heavy (non-hydrogen) atoms. The molecule has 1 aliphatic rings. The number of hydrogen-bond acceptors (Lipinski definition) is 2. The molecule has 1 aromatic rings. The van der Waals surface area contributed by atoms with Crippen molar-refractivity contribution < 1.29 is 4.79 Å². The van der Waals surface area contributed by atoms with E-state index in [0.29, 0.717) is 17.1 Å². The van der Waals surface area contributed by atoms with Crippen LogP contribution in [-0.2, 0) is 0 Å². The van der Waals surface area contributed by atoms with E-state index in [4.69, 9.17) is 11.6 Å².